The van der Waals surface area contributed by atoms with E-state index in [-0.39, 0.29) is 24.0 Å². The van der Waals surface area contributed by atoms with Gasteiger partial charge in [-0.25, -0.2) is 0 Å². The lowest BCUT2D eigenvalue weighted by atomic mass is 10.00. The molecule has 1 saturated heterocycles. The molecule has 0 aromatic rings. The van der Waals surface area contributed by atoms with Crippen LogP contribution in [0.15, 0.2) is 12.2 Å². The molecule has 0 aromatic heterocycles. The van der Waals surface area contributed by atoms with Gasteiger partial charge in [0.15, 0.2) is 0 Å². The van der Waals surface area contributed by atoms with Crippen LogP contribution in [0.25, 0.3) is 0 Å². The van der Waals surface area contributed by atoms with Crippen LogP contribution < -0.4 is 5.32 Å². The molecule has 0 radical (unpaired) electrons. The first kappa shape index (κ1) is 19.6. The van der Waals surface area contributed by atoms with Crippen molar-refractivity contribution in [2.24, 2.45) is 11.8 Å². The first-order valence-electron chi connectivity index (χ1n) is 8.32. The van der Waals surface area contributed by atoms with E-state index in [0.29, 0.717) is 13.0 Å². The van der Waals surface area contributed by atoms with Crippen molar-refractivity contribution in [2.45, 2.75) is 52.3 Å². The highest BCUT2D eigenvalue weighted by molar-refractivity contribution is 5.74. The van der Waals surface area contributed by atoms with Crippen molar-refractivity contribution in [1.29, 1.82) is 0 Å². The molecule has 1 amide bonds. The van der Waals surface area contributed by atoms with Gasteiger partial charge in [0.1, 0.15) is 12.3 Å². The number of nitrogens with one attached hydrogen (secondary N) is 1. The maximum atomic E-state index is 11.6. The zero-order valence-electron chi connectivity index (χ0n) is 14.6. The number of methoxy groups -OCH3 is 1. The second-order valence-corrected chi connectivity index (χ2v) is 6.24. The zero-order valence-corrected chi connectivity index (χ0v) is 14.6. The van der Waals surface area contributed by atoms with E-state index in [1.165, 1.54) is 6.92 Å². The van der Waals surface area contributed by atoms with E-state index >= 15 is 0 Å². The lowest BCUT2D eigenvalue weighted by Crippen LogP contribution is -2.47. The molecular weight excluding hydrogens is 296 g/mol. The summed E-state index contributed by atoms with van der Waals surface area (Å²) in [6, 6.07) is -0.467. The third kappa shape index (κ3) is 5.95. The molecule has 23 heavy (non-hydrogen) atoms. The quantitative estimate of drug-likeness (QED) is 0.499. The topological polar surface area (TPSA) is 78.9 Å². The van der Waals surface area contributed by atoms with Crippen molar-refractivity contribution in [3.8, 4) is 0 Å². The average Bonchev–Trinajstić information content (AvgIpc) is 2.87. The molecule has 2 N–H and O–H groups in total. The van der Waals surface area contributed by atoms with Gasteiger partial charge in [-0.2, -0.15) is 0 Å². The molecule has 1 aliphatic heterocycles. The summed E-state index contributed by atoms with van der Waals surface area (Å²) in [5.41, 5.74) is 0. The van der Waals surface area contributed by atoms with Gasteiger partial charge in [-0.3, -0.25) is 14.5 Å². The molecule has 1 fully saturated rings. The first-order valence-corrected chi connectivity index (χ1v) is 8.32. The van der Waals surface area contributed by atoms with Crippen molar-refractivity contribution in [3.63, 3.8) is 0 Å². The van der Waals surface area contributed by atoms with Crippen molar-refractivity contribution in [1.82, 2.24) is 10.2 Å². The van der Waals surface area contributed by atoms with E-state index in [2.05, 4.69) is 18.3 Å². The zero-order chi connectivity index (χ0) is 17.4. The van der Waals surface area contributed by atoms with Crippen LogP contribution in [0, 0.1) is 11.8 Å². The number of rotatable bonds is 9. The number of carboxylic acid groups (broad SMARTS) is 1. The van der Waals surface area contributed by atoms with E-state index in [1.807, 2.05) is 17.9 Å². The standard InChI is InChI=1S/C17H30N2O4/c1-5-7-13-9-15(17(21)22)19(10-13)11-14(8-6-2)16(23-4)18-12(3)20/h5,7,13-16H,6,8-11H2,1-4H3,(H,18,20)(H,21,22)/b7-5-. The fourth-order valence-electron chi connectivity index (χ4n) is 3.39. The van der Waals surface area contributed by atoms with Gasteiger partial charge in [-0.15, -0.1) is 0 Å². The Hall–Kier alpha value is -1.40. The van der Waals surface area contributed by atoms with Gasteiger partial charge in [0, 0.05) is 33.0 Å². The van der Waals surface area contributed by atoms with Crippen molar-refractivity contribution < 1.29 is 19.4 Å². The predicted octanol–water partition coefficient (Wildman–Crippen LogP) is 1.86. The Labute approximate surface area is 138 Å². The van der Waals surface area contributed by atoms with E-state index in [1.54, 1.807) is 7.11 Å². The third-order valence-corrected chi connectivity index (χ3v) is 4.34. The maximum Gasteiger partial charge on any atom is 0.320 e. The fraction of sp³-hybridized carbons (Fsp3) is 0.765. The molecule has 1 aliphatic rings. The molecule has 6 nitrogen and oxygen atoms in total. The second kappa shape index (κ2) is 9.67. The summed E-state index contributed by atoms with van der Waals surface area (Å²) in [4.78, 5) is 24.9. The minimum absolute atomic E-state index is 0.0695. The van der Waals surface area contributed by atoms with Crippen LogP contribution in [0.3, 0.4) is 0 Å². The Balaban J connectivity index is 2.83. The Morgan fingerprint density at radius 3 is 2.65 bits per heavy atom. The summed E-state index contributed by atoms with van der Waals surface area (Å²) >= 11 is 0. The maximum absolute atomic E-state index is 11.6. The van der Waals surface area contributed by atoms with Gasteiger partial charge >= 0.3 is 5.97 Å². The molecule has 6 heteroatoms. The highest BCUT2D eigenvalue weighted by Gasteiger charge is 2.37. The van der Waals surface area contributed by atoms with Gasteiger partial charge in [-0.05, 0) is 25.7 Å². The summed E-state index contributed by atoms with van der Waals surface area (Å²) in [6.45, 7) is 6.84. The summed E-state index contributed by atoms with van der Waals surface area (Å²) in [5, 5.41) is 12.3. The highest BCUT2D eigenvalue weighted by atomic mass is 16.5. The van der Waals surface area contributed by atoms with E-state index in [9.17, 15) is 14.7 Å². The molecule has 0 saturated carbocycles. The molecule has 0 spiro atoms. The Kier molecular flexibility index (Phi) is 8.26. The smallest absolute Gasteiger partial charge is 0.320 e. The molecule has 1 rings (SSSR count). The van der Waals surface area contributed by atoms with E-state index < -0.39 is 12.0 Å². The number of amides is 1. The number of allylic oxidation sites excluding steroid dienone is 1. The number of aliphatic carboxylic acids is 1. The van der Waals surface area contributed by atoms with Gasteiger partial charge < -0.3 is 15.2 Å². The molecule has 1 heterocycles. The molecule has 132 valence electrons. The summed E-state index contributed by atoms with van der Waals surface area (Å²) in [5.74, 6) is -0.577. The first-order chi connectivity index (χ1) is 10.9. The lowest BCUT2D eigenvalue weighted by molar-refractivity contribution is -0.143. The number of ether oxygens (including phenoxy) is 1. The Morgan fingerprint density at radius 1 is 1.48 bits per heavy atom. The number of carbonyl (C=O) groups is 2. The van der Waals surface area contributed by atoms with Gasteiger partial charge in [0.25, 0.3) is 0 Å². The SMILES string of the molecule is C/C=C\C1CC(C(=O)O)N(CC(CCC)C(NC(C)=O)OC)C1. The van der Waals surface area contributed by atoms with Gasteiger partial charge in [-0.1, -0.05) is 25.5 Å². The molecule has 0 aliphatic carbocycles. The predicted molar refractivity (Wildman–Crippen MR) is 88.9 cm³/mol. The molecule has 0 bridgehead atoms. The normalized spacial score (nSPS) is 24.7. The highest BCUT2D eigenvalue weighted by Crippen LogP contribution is 2.27. The monoisotopic (exact) mass is 326 g/mol. The van der Waals surface area contributed by atoms with Crippen molar-refractivity contribution in [3.05, 3.63) is 12.2 Å². The van der Waals surface area contributed by atoms with Crippen LogP contribution in [-0.4, -0.2) is 54.4 Å². The third-order valence-electron chi connectivity index (χ3n) is 4.34. The number of carbonyl (C=O) groups excluding carboxylic acids is 1. The second-order valence-electron chi connectivity index (χ2n) is 6.24. The minimum Gasteiger partial charge on any atom is -0.480 e. The molecule has 4 atom stereocenters. The number of carboxylic acids is 1. The van der Waals surface area contributed by atoms with Crippen LogP contribution in [-0.2, 0) is 14.3 Å². The Bertz CT molecular complexity index is 425. The average molecular weight is 326 g/mol. The van der Waals surface area contributed by atoms with Crippen LogP contribution in [0.5, 0.6) is 0 Å². The molecule has 4 unspecified atom stereocenters. The van der Waals surface area contributed by atoms with Crippen molar-refractivity contribution in [2.75, 3.05) is 20.2 Å². The number of hydrogen-bond acceptors (Lipinski definition) is 4. The van der Waals surface area contributed by atoms with Crippen LogP contribution >= 0.6 is 0 Å². The van der Waals surface area contributed by atoms with Crippen LogP contribution in [0.4, 0.5) is 0 Å². The Morgan fingerprint density at radius 2 is 2.17 bits per heavy atom. The van der Waals surface area contributed by atoms with Crippen LogP contribution in [0.2, 0.25) is 0 Å². The summed E-state index contributed by atoms with van der Waals surface area (Å²) < 4.78 is 5.44. The van der Waals surface area contributed by atoms with Gasteiger partial charge in [0.2, 0.25) is 5.91 Å². The van der Waals surface area contributed by atoms with Crippen LogP contribution in [0.1, 0.15) is 40.0 Å². The minimum atomic E-state index is -0.777. The van der Waals surface area contributed by atoms with E-state index in [4.69, 9.17) is 4.74 Å². The summed E-state index contributed by atoms with van der Waals surface area (Å²) in [7, 11) is 1.57. The van der Waals surface area contributed by atoms with E-state index in [0.717, 1.165) is 19.4 Å². The number of likely N-dealkylation sites (tertiary alicyclic amines) is 1. The lowest BCUT2D eigenvalue weighted by Gasteiger charge is -2.31. The fourth-order valence-corrected chi connectivity index (χ4v) is 3.39. The molecular formula is C17H30N2O4. The largest absolute Gasteiger partial charge is 0.480 e. The van der Waals surface area contributed by atoms with Crippen molar-refractivity contribution >= 4 is 11.9 Å². The number of nitrogens with zero attached hydrogens (tertiary/aromatic N) is 1. The summed E-state index contributed by atoms with van der Waals surface area (Å²) in [6.07, 6.45) is 6.13. The number of hydrogen-bond donors (Lipinski definition) is 2. The van der Waals surface area contributed by atoms with Gasteiger partial charge in [0.05, 0.1) is 0 Å². The molecule has 0 aromatic carbocycles.